The van der Waals surface area contributed by atoms with Crippen LogP contribution in [0.3, 0.4) is 0 Å². The summed E-state index contributed by atoms with van der Waals surface area (Å²) < 4.78 is 65.2. The summed E-state index contributed by atoms with van der Waals surface area (Å²) in [6, 6.07) is 8.62. The third-order valence-electron chi connectivity index (χ3n) is 3.60. The Morgan fingerprint density at radius 2 is 1.08 bits per heavy atom. The van der Waals surface area contributed by atoms with Crippen molar-refractivity contribution in [3.05, 3.63) is 47.5 Å². The molecule has 2 rings (SSSR count). The predicted molar refractivity (Wildman–Crippen MR) is 101 cm³/mol. The molecule has 0 aliphatic rings. The highest BCUT2D eigenvalue weighted by molar-refractivity contribution is 7.86. The average Bonchev–Trinajstić information content (AvgIpc) is 2.58. The van der Waals surface area contributed by atoms with Gasteiger partial charge in [0.15, 0.2) is 0 Å². The van der Waals surface area contributed by atoms with Crippen LogP contribution in [0.25, 0.3) is 12.2 Å². The molecule has 140 valence electrons. The van der Waals surface area contributed by atoms with Gasteiger partial charge in [-0.25, -0.2) is 0 Å². The van der Waals surface area contributed by atoms with Crippen molar-refractivity contribution < 1.29 is 25.9 Å². The van der Waals surface area contributed by atoms with Crippen molar-refractivity contribution in [3.8, 4) is 0 Å². The number of rotatable bonds is 6. The molecular weight excluding hydrogens is 380 g/mol. The molecule has 0 saturated carbocycles. The van der Waals surface area contributed by atoms with Gasteiger partial charge in [0.1, 0.15) is 9.79 Å². The van der Waals surface area contributed by atoms with E-state index in [1.54, 1.807) is 26.2 Å². The van der Waals surface area contributed by atoms with Gasteiger partial charge in [-0.05, 0) is 35.4 Å². The van der Waals surface area contributed by atoms with Gasteiger partial charge in [0.25, 0.3) is 20.2 Å². The van der Waals surface area contributed by atoms with E-state index in [1.165, 1.54) is 36.4 Å². The van der Waals surface area contributed by atoms with Crippen LogP contribution in [0.1, 0.15) is 11.1 Å². The quantitative estimate of drug-likeness (QED) is 0.431. The van der Waals surface area contributed by atoms with Crippen LogP contribution in [-0.2, 0) is 20.2 Å². The predicted octanol–water partition coefficient (Wildman–Crippen LogP) is 2.43. The minimum atomic E-state index is -4.49. The van der Waals surface area contributed by atoms with E-state index in [-0.39, 0.29) is 20.9 Å². The zero-order valence-corrected chi connectivity index (χ0v) is 15.6. The fourth-order valence-electron chi connectivity index (χ4n) is 2.28. The molecule has 0 aromatic heterocycles. The van der Waals surface area contributed by atoms with Crippen LogP contribution in [0.4, 0.5) is 11.4 Å². The molecule has 0 unspecified atom stereocenters. The SMILES string of the molecule is CNc1ccc(/C=C\c2ccc(NC)cc2S(=O)(=O)O)c(S(=O)(=O)O)c1. The van der Waals surface area contributed by atoms with Crippen molar-refractivity contribution >= 4 is 43.8 Å². The third-order valence-corrected chi connectivity index (χ3v) is 5.42. The van der Waals surface area contributed by atoms with Gasteiger partial charge in [0.2, 0.25) is 0 Å². The normalized spacial score (nSPS) is 12.3. The van der Waals surface area contributed by atoms with Gasteiger partial charge in [-0.3, -0.25) is 9.11 Å². The number of benzene rings is 2. The van der Waals surface area contributed by atoms with Crippen molar-refractivity contribution in [3.63, 3.8) is 0 Å². The average molecular weight is 398 g/mol. The Morgan fingerprint density at radius 1 is 0.731 bits per heavy atom. The monoisotopic (exact) mass is 398 g/mol. The molecule has 0 atom stereocenters. The highest BCUT2D eigenvalue weighted by atomic mass is 32.2. The summed E-state index contributed by atoms with van der Waals surface area (Å²) in [6.07, 6.45) is 2.68. The largest absolute Gasteiger partial charge is 0.388 e. The first-order valence-electron chi connectivity index (χ1n) is 7.33. The van der Waals surface area contributed by atoms with Crippen molar-refractivity contribution in [2.75, 3.05) is 24.7 Å². The summed E-state index contributed by atoms with van der Waals surface area (Å²) in [4.78, 5) is -0.665. The van der Waals surface area contributed by atoms with E-state index in [0.29, 0.717) is 11.4 Å². The van der Waals surface area contributed by atoms with Gasteiger partial charge in [-0.2, -0.15) is 16.8 Å². The first-order valence-corrected chi connectivity index (χ1v) is 10.2. The molecule has 4 N–H and O–H groups in total. The summed E-state index contributed by atoms with van der Waals surface area (Å²) in [5.74, 6) is 0. The molecule has 0 fully saturated rings. The zero-order chi connectivity index (χ0) is 19.5. The van der Waals surface area contributed by atoms with Crippen LogP contribution in [0.5, 0.6) is 0 Å². The lowest BCUT2D eigenvalue weighted by atomic mass is 10.1. The van der Waals surface area contributed by atoms with Crippen LogP contribution in [0.2, 0.25) is 0 Å². The highest BCUT2D eigenvalue weighted by Gasteiger charge is 2.17. The van der Waals surface area contributed by atoms with Gasteiger partial charge < -0.3 is 10.6 Å². The molecular formula is C16H18N2O6S2. The molecule has 0 heterocycles. The van der Waals surface area contributed by atoms with E-state index in [2.05, 4.69) is 10.6 Å². The lowest BCUT2D eigenvalue weighted by Gasteiger charge is -2.08. The van der Waals surface area contributed by atoms with E-state index in [9.17, 15) is 25.9 Å². The van der Waals surface area contributed by atoms with Gasteiger partial charge in [-0.1, -0.05) is 24.3 Å². The number of anilines is 2. The Hall–Kier alpha value is -2.40. The molecule has 0 aliphatic heterocycles. The molecule has 0 amide bonds. The lowest BCUT2D eigenvalue weighted by molar-refractivity contribution is 0.480. The summed E-state index contributed by atoms with van der Waals surface area (Å²) >= 11 is 0. The first-order chi connectivity index (χ1) is 12.1. The summed E-state index contributed by atoms with van der Waals surface area (Å²) in [7, 11) is -5.78. The summed E-state index contributed by atoms with van der Waals surface area (Å²) in [5, 5.41) is 5.53. The van der Waals surface area contributed by atoms with Crippen molar-refractivity contribution in [1.29, 1.82) is 0 Å². The van der Waals surface area contributed by atoms with Crippen molar-refractivity contribution in [1.82, 2.24) is 0 Å². The first kappa shape index (κ1) is 19.9. The van der Waals surface area contributed by atoms with Crippen LogP contribution in [-0.4, -0.2) is 40.0 Å². The Labute approximate surface area is 152 Å². The van der Waals surface area contributed by atoms with Crippen molar-refractivity contribution in [2.24, 2.45) is 0 Å². The molecule has 2 aromatic rings. The number of hydrogen-bond acceptors (Lipinski definition) is 6. The Kier molecular flexibility index (Phi) is 5.71. The fourth-order valence-corrected chi connectivity index (χ4v) is 3.70. The molecule has 0 spiro atoms. The molecule has 10 heteroatoms. The van der Waals surface area contributed by atoms with E-state index >= 15 is 0 Å². The summed E-state index contributed by atoms with van der Waals surface area (Å²) in [5.41, 5.74) is 1.27. The fraction of sp³-hybridized carbons (Fsp3) is 0.125. The van der Waals surface area contributed by atoms with E-state index in [0.717, 1.165) is 0 Å². The molecule has 0 radical (unpaired) electrons. The van der Waals surface area contributed by atoms with Crippen LogP contribution in [0.15, 0.2) is 46.2 Å². The smallest absolute Gasteiger partial charge is 0.295 e. The topological polar surface area (TPSA) is 133 Å². The minimum Gasteiger partial charge on any atom is -0.388 e. The maximum Gasteiger partial charge on any atom is 0.295 e. The molecule has 8 nitrogen and oxygen atoms in total. The van der Waals surface area contributed by atoms with Gasteiger partial charge in [-0.15, -0.1) is 0 Å². The number of hydrogen-bond donors (Lipinski definition) is 4. The van der Waals surface area contributed by atoms with E-state index in [1.807, 2.05) is 0 Å². The van der Waals surface area contributed by atoms with Crippen LogP contribution >= 0.6 is 0 Å². The zero-order valence-electron chi connectivity index (χ0n) is 14.0. The standard InChI is InChI=1S/C16H18N2O6S2/c1-17-13-7-5-11(15(9-13)25(19,20)21)3-4-12-6-8-14(18-2)10-16(12)26(22,23)24/h3-10,17-18H,1-2H3,(H,19,20,21)(H,22,23,24)/b4-3-. The second kappa shape index (κ2) is 7.46. The third kappa shape index (κ3) is 4.61. The van der Waals surface area contributed by atoms with E-state index in [4.69, 9.17) is 0 Å². The van der Waals surface area contributed by atoms with Gasteiger partial charge in [0.05, 0.1) is 0 Å². The van der Waals surface area contributed by atoms with E-state index < -0.39 is 20.2 Å². The van der Waals surface area contributed by atoms with Crippen LogP contribution < -0.4 is 10.6 Å². The Balaban J connectivity index is 2.58. The maximum atomic E-state index is 11.6. The maximum absolute atomic E-state index is 11.6. The van der Waals surface area contributed by atoms with Gasteiger partial charge in [0, 0.05) is 25.5 Å². The van der Waals surface area contributed by atoms with Gasteiger partial charge >= 0.3 is 0 Å². The number of nitrogens with one attached hydrogen (secondary N) is 2. The molecule has 0 aliphatic carbocycles. The Bertz CT molecular complexity index is 975. The highest BCUT2D eigenvalue weighted by Crippen LogP contribution is 2.25. The van der Waals surface area contributed by atoms with Crippen molar-refractivity contribution in [2.45, 2.75) is 9.79 Å². The molecule has 26 heavy (non-hydrogen) atoms. The molecule has 0 bridgehead atoms. The lowest BCUT2D eigenvalue weighted by Crippen LogP contribution is -2.03. The minimum absolute atomic E-state index is 0.158. The van der Waals surface area contributed by atoms with Crippen LogP contribution in [0, 0.1) is 0 Å². The Morgan fingerprint density at radius 3 is 1.35 bits per heavy atom. The second-order valence-electron chi connectivity index (χ2n) is 5.29. The second-order valence-corrected chi connectivity index (χ2v) is 8.07. The molecule has 2 aromatic carbocycles. The molecule has 0 saturated heterocycles. The summed E-state index contributed by atoms with van der Waals surface area (Å²) in [6.45, 7) is 0.